The Morgan fingerprint density at radius 1 is 1.28 bits per heavy atom. The summed E-state index contributed by atoms with van der Waals surface area (Å²) in [5, 5.41) is 15.3. The Balaban J connectivity index is 1.83. The van der Waals surface area contributed by atoms with Crippen LogP contribution in [0, 0.1) is 15.9 Å². The van der Waals surface area contributed by atoms with Gasteiger partial charge in [0.15, 0.2) is 5.75 Å². The van der Waals surface area contributed by atoms with Crippen LogP contribution < -0.4 is 9.47 Å². The fourth-order valence-electron chi connectivity index (χ4n) is 3.02. The normalized spacial score (nSPS) is 11.0. The lowest BCUT2D eigenvalue weighted by molar-refractivity contribution is -0.386. The third-order valence-corrected chi connectivity index (χ3v) is 5.14. The number of nitrogens with zero attached hydrogens (tertiary/aromatic N) is 3. The Morgan fingerprint density at radius 2 is 2.06 bits per heavy atom. The topological polar surface area (TPSA) is 96.5 Å². The SMILES string of the molecule is CCn1ncc(Br)c1C(=O)/C=C/c1ccc(OC)c(COc2cc(F)ccc2[N+](=O)[O-])c1. The van der Waals surface area contributed by atoms with E-state index in [-0.39, 0.29) is 23.8 Å². The van der Waals surface area contributed by atoms with Crippen molar-refractivity contribution in [2.45, 2.75) is 20.1 Å². The maximum Gasteiger partial charge on any atom is 0.311 e. The van der Waals surface area contributed by atoms with E-state index in [1.165, 1.54) is 13.2 Å². The first-order valence-corrected chi connectivity index (χ1v) is 10.3. The minimum atomic E-state index is -0.648. The highest BCUT2D eigenvalue weighted by Crippen LogP contribution is 2.30. The predicted molar refractivity (Wildman–Crippen MR) is 119 cm³/mol. The number of allylic oxidation sites excluding steroid dienone is 1. The molecular formula is C22H19BrFN3O5. The number of carbonyl (C=O) groups is 1. The number of hydrogen-bond acceptors (Lipinski definition) is 6. The maximum atomic E-state index is 13.5. The number of aromatic nitrogens is 2. The lowest BCUT2D eigenvalue weighted by Crippen LogP contribution is -2.07. The van der Waals surface area contributed by atoms with E-state index >= 15 is 0 Å². The quantitative estimate of drug-likeness (QED) is 0.172. The fourth-order valence-corrected chi connectivity index (χ4v) is 3.51. The van der Waals surface area contributed by atoms with Crippen molar-refractivity contribution in [3.63, 3.8) is 0 Å². The van der Waals surface area contributed by atoms with Crippen molar-refractivity contribution in [1.82, 2.24) is 9.78 Å². The number of aryl methyl sites for hydroxylation is 1. The van der Waals surface area contributed by atoms with Crippen LogP contribution in [0.4, 0.5) is 10.1 Å². The Kier molecular flexibility index (Phi) is 7.37. The second-order valence-electron chi connectivity index (χ2n) is 6.58. The summed E-state index contributed by atoms with van der Waals surface area (Å²) < 4.78 is 26.6. The molecule has 0 saturated heterocycles. The van der Waals surface area contributed by atoms with Crippen LogP contribution in [0.2, 0.25) is 0 Å². The summed E-state index contributed by atoms with van der Waals surface area (Å²) >= 11 is 3.33. The molecule has 0 radical (unpaired) electrons. The minimum Gasteiger partial charge on any atom is -0.496 e. The van der Waals surface area contributed by atoms with Gasteiger partial charge in [-0.3, -0.25) is 19.6 Å². The number of halogens is 2. The summed E-state index contributed by atoms with van der Waals surface area (Å²) in [5.74, 6) is -0.573. The van der Waals surface area contributed by atoms with Gasteiger partial charge in [-0.2, -0.15) is 5.10 Å². The van der Waals surface area contributed by atoms with Gasteiger partial charge >= 0.3 is 5.69 Å². The van der Waals surface area contributed by atoms with E-state index in [0.717, 1.165) is 18.2 Å². The highest BCUT2D eigenvalue weighted by atomic mass is 79.9. The Bertz CT molecular complexity index is 1190. The standard InChI is InChI=1S/C22H19BrFN3O5/c1-3-26-22(17(23)12-25-26)19(28)8-4-14-5-9-20(31-2)15(10-14)13-32-21-11-16(24)6-7-18(21)27(29)30/h4-12H,3,13H2,1-2H3/b8-4+. The number of benzene rings is 2. The number of carbonyl (C=O) groups excluding carboxylic acids is 1. The lowest BCUT2D eigenvalue weighted by atomic mass is 10.1. The van der Waals surface area contributed by atoms with Crippen molar-refractivity contribution in [1.29, 1.82) is 0 Å². The molecule has 10 heteroatoms. The zero-order valence-electron chi connectivity index (χ0n) is 17.2. The molecule has 8 nitrogen and oxygen atoms in total. The van der Waals surface area contributed by atoms with E-state index in [1.807, 2.05) is 6.92 Å². The molecule has 0 aliphatic rings. The predicted octanol–water partition coefficient (Wildman–Crippen LogP) is 5.20. The fraction of sp³-hybridized carbons (Fsp3) is 0.182. The molecule has 2 aromatic carbocycles. The van der Waals surface area contributed by atoms with Gasteiger partial charge in [0.05, 0.1) is 22.7 Å². The highest BCUT2D eigenvalue weighted by Gasteiger charge is 2.17. The molecular weight excluding hydrogens is 485 g/mol. The molecule has 0 fully saturated rings. The van der Waals surface area contributed by atoms with Crippen molar-refractivity contribution in [2.24, 2.45) is 0 Å². The summed E-state index contributed by atoms with van der Waals surface area (Å²) in [5.41, 5.74) is 1.36. The Labute approximate surface area is 191 Å². The van der Waals surface area contributed by atoms with E-state index in [1.54, 1.807) is 35.2 Å². The molecule has 3 aromatic rings. The summed E-state index contributed by atoms with van der Waals surface area (Å²) in [6.45, 7) is 2.34. The van der Waals surface area contributed by atoms with Gasteiger partial charge in [-0.25, -0.2) is 4.39 Å². The smallest absolute Gasteiger partial charge is 0.311 e. The molecule has 0 bridgehead atoms. The van der Waals surface area contributed by atoms with Crippen molar-refractivity contribution >= 4 is 33.5 Å². The van der Waals surface area contributed by atoms with Crippen molar-refractivity contribution in [3.05, 3.63) is 85.9 Å². The molecule has 166 valence electrons. The molecule has 0 unspecified atom stereocenters. The van der Waals surface area contributed by atoms with Crippen LogP contribution in [0.3, 0.4) is 0 Å². The second kappa shape index (κ2) is 10.2. The largest absolute Gasteiger partial charge is 0.496 e. The van der Waals surface area contributed by atoms with Crippen LogP contribution in [-0.2, 0) is 13.2 Å². The maximum absolute atomic E-state index is 13.5. The van der Waals surface area contributed by atoms with Crippen molar-refractivity contribution < 1.29 is 23.6 Å². The number of nitro benzene ring substituents is 1. The van der Waals surface area contributed by atoms with Gasteiger partial charge in [0, 0.05) is 24.2 Å². The van der Waals surface area contributed by atoms with E-state index in [9.17, 15) is 19.3 Å². The molecule has 0 saturated carbocycles. The first kappa shape index (κ1) is 23.1. The molecule has 0 spiro atoms. The third-order valence-electron chi connectivity index (χ3n) is 4.56. The van der Waals surface area contributed by atoms with Crippen LogP contribution in [0.5, 0.6) is 11.5 Å². The molecule has 1 heterocycles. The van der Waals surface area contributed by atoms with Crippen LogP contribution in [-0.4, -0.2) is 27.6 Å². The van der Waals surface area contributed by atoms with Crippen molar-refractivity contribution in [2.75, 3.05) is 7.11 Å². The summed E-state index contributed by atoms with van der Waals surface area (Å²) in [4.78, 5) is 23.1. The molecule has 1 aromatic heterocycles. The average molecular weight is 504 g/mol. The number of methoxy groups -OCH3 is 1. The number of ether oxygens (including phenoxy) is 2. The first-order chi connectivity index (χ1) is 15.3. The molecule has 0 N–H and O–H groups in total. The zero-order chi connectivity index (χ0) is 23.3. The third kappa shape index (κ3) is 5.20. The summed E-state index contributed by atoms with van der Waals surface area (Å²) in [6, 6.07) is 8.17. The number of ketones is 1. The van der Waals surface area contributed by atoms with E-state index in [4.69, 9.17) is 9.47 Å². The summed E-state index contributed by atoms with van der Waals surface area (Å²) in [6.07, 6.45) is 4.63. The molecule has 0 aliphatic carbocycles. The van der Waals surface area contributed by atoms with Crippen LogP contribution in [0.1, 0.15) is 28.5 Å². The van der Waals surface area contributed by atoms with E-state index in [2.05, 4.69) is 21.0 Å². The van der Waals surface area contributed by atoms with Crippen LogP contribution in [0.25, 0.3) is 6.08 Å². The van der Waals surface area contributed by atoms with Gasteiger partial charge < -0.3 is 9.47 Å². The Hall–Kier alpha value is -3.53. The zero-order valence-corrected chi connectivity index (χ0v) is 18.8. The van der Waals surface area contributed by atoms with Gasteiger partial charge in [0.25, 0.3) is 0 Å². The van der Waals surface area contributed by atoms with Crippen LogP contribution >= 0.6 is 15.9 Å². The Morgan fingerprint density at radius 3 is 2.75 bits per heavy atom. The first-order valence-electron chi connectivity index (χ1n) is 9.51. The molecule has 32 heavy (non-hydrogen) atoms. The van der Waals surface area contributed by atoms with Gasteiger partial charge in [-0.15, -0.1) is 0 Å². The monoisotopic (exact) mass is 503 g/mol. The van der Waals surface area contributed by atoms with E-state index < -0.39 is 10.7 Å². The number of nitro groups is 1. The highest BCUT2D eigenvalue weighted by molar-refractivity contribution is 9.10. The van der Waals surface area contributed by atoms with Gasteiger partial charge in [-0.05, 0) is 52.7 Å². The van der Waals surface area contributed by atoms with Crippen molar-refractivity contribution in [3.8, 4) is 11.5 Å². The number of hydrogen-bond donors (Lipinski definition) is 0. The number of rotatable bonds is 9. The summed E-state index contributed by atoms with van der Waals surface area (Å²) in [7, 11) is 1.48. The molecule has 0 atom stereocenters. The second-order valence-corrected chi connectivity index (χ2v) is 7.44. The van der Waals surface area contributed by atoms with Gasteiger partial charge in [-0.1, -0.05) is 12.1 Å². The molecule has 0 amide bonds. The van der Waals surface area contributed by atoms with Gasteiger partial charge in [0.1, 0.15) is 23.9 Å². The van der Waals surface area contributed by atoms with Gasteiger partial charge in [0.2, 0.25) is 5.78 Å². The minimum absolute atomic E-state index is 0.1000. The molecule has 0 aliphatic heterocycles. The molecule has 3 rings (SSSR count). The van der Waals surface area contributed by atoms with E-state index in [0.29, 0.717) is 33.6 Å². The lowest BCUT2D eigenvalue weighted by Gasteiger charge is -2.11. The average Bonchev–Trinajstić information content (AvgIpc) is 3.16. The van der Waals surface area contributed by atoms with Crippen LogP contribution in [0.15, 0.2) is 53.1 Å².